The van der Waals surface area contributed by atoms with Crippen molar-refractivity contribution in [2.24, 2.45) is 5.92 Å². The Morgan fingerprint density at radius 1 is 0.967 bits per heavy atom. The normalized spacial score (nSPS) is 19.5. The molecule has 0 saturated carbocycles. The molecule has 0 unspecified atom stereocenters. The summed E-state index contributed by atoms with van der Waals surface area (Å²) in [6.45, 7) is 1.51. The third-order valence-electron chi connectivity index (χ3n) is 6.03. The molecule has 0 aromatic heterocycles. The molecule has 4 rings (SSSR count). The molecule has 30 heavy (non-hydrogen) atoms. The van der Waals surface area contributed by atoms with Gasteiger partial charge in [-0.1, -0.05) is 42.5 Å². The maximum absolute atomic E-state index is 12.7. The fourth-order valence-electron chi connectivity index (χ4n) is 4.27. The molecule has 0 aliphatic carbocycles. The van der Waals surface area contributed by atoms with Crippen LogP contribution in [0.25, 0.3) is 0 Å². The van der Waals surface area contributed by atoms with Gasteiger partial charge in [0.1, 0.15) is 6.04 Å². The second kappa shape index (κ2) is 9.11. The fraction of sp³-hybridized carbons (Fsp3) is 0.375. The largest absolute Gasteiger partial charge is 0.343 e. The molecule has 0 spiro atoms. The number of piperidine rings is 1. The first-order valence-corrected chi connectivity index (χ1v) is 10.6. The number of anilines is 1. The van der Waals surface area contributed by atoms with E-state index in [0.29, 0.717) is 23.6 Å². The van der Waals surface area contributed by atoms with Crippen LogP contribution < -0.4 is 10.6 Å². The van der Waals surface area contributed by atoms with Crippen LogP contribution in [0.5, 0.6) is 0 Å². The van der Waals surface area contributed by atoms with Crippen molar-refractivity contribution in [2.45, 2.75) is 38.1 Å². The van der Waals surface area contributed by atoms with Gasteiger partial charge in [0.25, 0.3) is 5.91 Å². The van der Waals surface area contributed by atoms with Gasteiger partial charge in [-0.2, -0.15) is 0 Å². The first-order valence-electron chi connectivity index (χ1n) is 10.6. The quantitative estimate of drug-likeness (QED) is 0.803. The molecule has 3 amide bonds. The summed E-state index contributed by atoms with van der Waals surface area (Å²) >= 11 is 0. The number of hydrogen-bond acceptors (Lipinski definition) is 3. The van der Waals surface area contributed by atoms with Gasteiger partial charge in [0.05, 0.1) is 11.3 Å². The molecule has 2 aromatic carbocycles. The van der Waals surface area contributed by atoms with Gasteiger partial charge >= 0.3 is 0 Å². The molecule has 2 heterocycles. The van der Waals surface area contributed by atoms with Gasteiger partial charge in [0.2, 0.25) is 11.8 Å². The number of nitrogens with one attached hydrogen (secondary N) is 2. The van der Waals surface area contributed by atoms with E-state index in [1.165, 1.54) is 5.56 Å². The van der Waals surface area contributed by atoms with Crippen molar-refractivity contribution < 1.29 is 14.4 Å². The Hall–Kier alpha value is -3.15. The summed E-state index contributed by atoms with van der Waals surface area (Å²) in [6, 6.07) is 16.7. The first kappa shape index (κ1) is 20.1. The third kappa shape index (κ3) is 4.70. The Morgan fingerprint density at radius 3 is 2.43 bits per heavy atom. The van der Waals surface area contributed by atoms with E-state index >= 15 is 0 Å². The Morgan fingerprint density at radius 2 is 1.67 bits per heavy atom. The number of benzene rings is 2. The van der Waals surface area contributed by atoms with E-state index in [1.54, 1.807) is 24.3 Å². The summed E-state index contributed by atoms with van der Waals surface area (Å²) in [4.78, 5) is 39.4. The van der Waals surface area contributed by atoms with Crippen LogP contribution in [0.2, 0.25) is 0 Å². The van der Waals surface area contributed by atoms with E-state index in [0.717, 1.165) is 32.4 Å². The summed E-state index contributed by atoms with van der Waals surface area (Å²) in [7, 11) is 0. The summed E-state index contributed by atoms with van der Waals surface area (Å²) in [5.41, 5.74) is 2.30. The van der Waals surface area contributed by atoms with Crippen molar-refractivity contribution >= 4 is 23.4 Å². The average Bonchev–Trinajstić information content (AvgIpc) is 2.89. The summed E-state index contributed by atoms with van der Waals surface area (Å²) < 4.78 is 0. The molecule has 0 bridgehead atoms. The zero-order valence-corrected chi connectivity index (χ0v) is 17.0. The highest BCUT2D eigenvalue weighted by Gasteiger charge is 2.29. The lowest BCUT2D eigenvalue weighted by Crippen LogP contribution is -2.43. The van der Waals surface area contributed by atoms with Crippen LogP contribution in [0.3, 0.4) is 0 Å². The number of amides is 3. The first-order chi connectivity index (χ1) is 14.6. The van der Waals surface area contributed by atoms with Crippen LogP contribution in [0.4, 0.5) is 5.69 Å². The lowest BCUT2D eigenvalue weighted by molar-refractivity contribution is -0.132. The lowest BCUT2D eigenvalue weighted by Gasteiger charge is -2.32. The number of fused-ring (bicyclic) bond motifs is 1. The Bertz CT molecular complexity index is 920. The number of likely N-dealkylation sites (tertiary alicyclic amines) is 1. The standard InChI is InChI=1S/C24H27N3O3/c28-22(27-14-12-18(13-15-27)16-17-6-2-1-3-7-17)11-10-21-24(30)25-20-9-5-4-8-19(20)23(29)26-21/h1-9,18,21H,10-16H2,(H,25,30)(H,26,29)/t21-/m0/s1. The van der Waals surface area contributed by atoms with E-state index < -0.39 is 6.04 Å². The minimum Gasteiger partial charge on any atom is -0.343 e. The second-order valence-electron chi connectivity index (χ2n) is 8.11. The topological polar surface area (TPSA) is 78.5 Å². The number of para-hydroxylation sites is 1. The molecule has 1 fully saturated rings. The molecule has 2 aliphatic rings. The third-order valence-corrected chi connectivity index (χ3v) is 6.03. The van der Waals surface area contributed by atoms with Crippen LogP contribution in [0.1, 0.15) is 41.6 Å². The van der Waals surface area contributed by atoms with Crippen LogP contribution >= 0.6 is 0 Å². The molecular formula is C24H27N3O3. The van der Waals surface area contributed by atoms with Crippen LogP contribution in [0.15, 0.2) is 54.6 Å². The minimum absolute atomic E-state index is 0.0528. The van der Waals surface area contributed by atoms with Gasteiger partial charge in [0, 0.05) is 19.5 Å². The molecule has 6 nitrogen and oxygen atoms in total. The summed E-state index contributed by atoms with van der Waals surface area (Å²) in [6.07, 6.45) is 3.59. The summed E-state index contributed by atoms with van der Waals surface area (Å²) in [5.74, 6) is 0.0876. The number of carbonyl (C=O) groups excluding carboxylic acids is 3. The second-order valence-corrected chi connectivity index (χ2v) is 8.11. The van der Waals surface area contributed by atoms with Gasteiger partial charge in [-0.25, -0.2) is 0 Å². The predicted molar refractivity (Wildman–Crippen MR) is 115 cm³/mol. The van der Waals surface area contributed by atoms with Crippen molar-refractivity contribution in [2.75, 3.05) is 18.4 Å². The van der Waals surface area contributed by atoms with E-state index in [9.17, 15) is 14.4 Å². The van der Waals surface area contributed by atoms with Gasteiger partial charge in [-0.15, -0.1) is 0 Å². The van der Waals surface area contributed by atoms with Crippen LogP contribution in [0, 0.1) is 5.92 Å². The highest BCUT2D eigenvalue weighted by atomic mass is 16.2. The molecule has 6 heteroatoms. The monoisotopic (exact) mass is 405 g/mol. The van der Waals surface area contributed by atoms with Crippen molar-refractivity contribution in [3.05, 3.63) is 65.7 Å². The maximum Gasteiger partial charge on any atom is 0.254 e. The zero-order chi connectivity index (χ0) is 20.9. The smallest absolute Gasteiger partial charge is 0.254 e. The lowest BCUT2D eigenvalue weighted by atomic mass is 9.90. The van der Waals surface area contributed by atoms with E-state index in [2.05, 4.69) is 34.9 Å². The molecule has 2 N–H and O–H groups in total. The maximum atomic E-state index is 12.7. The van der Waals surface area contributed by atoms with Crippen LogP contribution in [-0.2, 0) is 16.0 Å². The molecule has 0 radical (unpaired) electrons. The fourth-order valence-corrected chi connectivity index (χ4v) is 4.27. The van der Waals surface area contributed by atoms with Gasteiger partial charge < -0.3 is 15.5 Å². The molecule has 2 aromatic rings. The molecular weight excluding hydrogens is 378 g/mol. The van der Waals surface area contributed by atoms with Crippen molar-refractivity contribution in [1.29, 1.82) is 0 Å². The van der Waals surface area contributed by atoms with E-state index in [1.807, 2.05) is 11.0 Å². The number of carbonyl (C=O) groups is 3. The molecule has 1 atom stereocenters. The van der Waals surface area contributed by atoms with Gasteiger partial charge in [0.15, 0.2) is 0 Å². The van der Waals surface area contributed by atoms with Gasteiger partial charge in [-0.05, 0) is 49.3 Å². The Labute approximate surface area is 176 Å². The average molecular weight is 405 g/mol. The number of hydrogen-bond donors (Lipinski definition) is 2. The van der Waals surface area contributed by atoms with Gasteiger partial charge in [-0.3, -0.25) is 14.4 Å². The SMILES string of the molecule is O=C1N[C@@H](CCC(=O)N2CCC(Cc3ccccc3)CC2)C(=O)Nc2ccccc21. The molecule has 156 valence electrons. The van der Waals surface area contributed by atoms with E-state index in [4.69, 9.17) is 0 Å². The highest BCUT2D eigenvalue weighted by molar-refractivity contribution is 6.09. The predicted octanol–water partition coefficient (Wildman–Crippen LogP) is 3.00. The number of nitrogens with zero attached hydrogens (tertiary/aromatic N) is 1. The Balaban J connectivity index is 1.26. The summed E-state index contributed by atoms with van der Waals surface area (Å²) in [5, 5.41) is 5.54. The number of rotatable bonds is 5. The highest BCUT2D eigenvalue weighted by Crippen LogP contribution is 2.23. The molecule has 1 saturated heterocycles. The van der Waals surface area contributed by atoms with E-state index in [-0.39, 0.29) is 24.1 Å². The van der Waals surface area contributed by atoms with Crippen molar-refractivity contribution in [1.82, 2.24) is 10.2 Å². The Kier molecular flexibility index (Phi) is 6.12. The molecule has 2 aliphatic heterocycles. The van der Waals surface area contributed by atoms with Crippen molar-refractivity contribution in [3.63, 3.8) is 0 Å². The van der Waals surface area contributed by atoms with Crippen LogP contribution in [-0.4, -0.2) is 41.8 Å². The minimum atomic E-state index is -0.704. The zero-order valence-electron chi connectivity index (χ0n) is 17.0. The van der Waals surface area contributed by atoms with Crippen molar-refractivity contribution in [3.8, 4) is 0 Å².